The molecule has 18 heavy (non-hydrogen) atoms. The Kier molecular flexibility index (Phi) is 4.02. The lowest BCUT2D eigenvalue weighted by Crippen LogP contribution is -2.50. The third-order valence-corrected chi connectivity index (χ3v) is 3.98. The van der Waals surface area contributed by atoms with Crippen LogP contribution in [0.3, 0.4) is 0 Å². The zero-order valence-corrected chi connectivity index (χ0v) is 11.4. The smallest absolute Gasteiger partial charge is 0.240 e. The van der Waals surface area contributed by atoms with Crippen LogP contribution >= 0.6 is 0 Å². The largest absolute Gasteiger partial charge is 0.342 e. The number of likely N-dealkylation sites (N-methyl/N-ethyl adjacent to an activating group) is 1. The highest BCUT2D eigenvalue weighted by atomic mass is 16.2. The topological polar surface area (TPSA) is 32.3 Å². The van der Waals surface area contributed by atoms with Crippen molar-refractivity contribution in [3.63, 3.8) is 0 Å². The zero-order chi connectivity index (χ0) is 13.1. The molecule has 2 atom stereocenters. The van der Waals surface area contributed by atoms with Crippen molar-refractivity contribution in [1.82, 2.24) is 10.2 Å². The summed E-state index contributed by atoms with van der Waals surface area (Å²) in [6, 6.07) is 8.58. The van der Waals surface area contributed by atoms with Crippen molar-refractivity contribution in [2.24, 2.45) is 0 Å². The third-order valence-electron chi connectivity index (χ3n) is 3.98. The van der Waals surface area contributed by atoms with Crippen molar-refractivity contribution in [1.29, 1.82) is 0 Å². The first-order valence-electron chi connectivity index (χ1n) is 6.70. The molecule has 1 heterocycles. The molecule has 0 aromatic heterocycles. The number of nitrogens with zero attached hydrogens (tertiary/aromatic N) is 1. The average Bonchev–Trinajstić information content (AvgIpc) is 2.44. The van der Waals surface area contributed by atoms with Gasteiger partial charge in [-0.1, -0.05) is 31.2 Å². The van der Waals surface area contributed by atoms with Crippen molar-refractivity contribution < 1.29 is 4.79 Å². The molecule has 0 aliphatic carbocycles. The van der Waals surface area contributed by atoms with E-state index in [2.05, 4.69) is 31.3 Å². The Bertz CT molecular complexity index is 430. The molecular formula is C15H22N2O. The van der Waals surface area contributed by atoms with Gasteiger partial charge in [0.1, 0.15) is 0 Å². The Hall–Kier alpha value is -1.35. The Balaban J connectivity index is 2.07. The molecule has 1 aromatic rings. The second-order valence-corrected chi connectivity index (χ2v) is 5.11. The number of hydrogen-bond donors (Lipinski definition) is 1. The molecule has 2 rings (SSSR count). The van der Waals surface area contributed by atoms with Crippen molar-refractivity contribution in [2.75, 3.05) is 7.05 Å². The Morgan fingerprint density at radius 2 is 2.11 bits per heavy atom. The number of carbonyl (C=O) groups excluding carboxylic acids is 1. The van der Waals surface area contributed by atoms with Gasteiger partial charge in [-0.2, -0.15) is 0 Å². The van der Waals surface area contributed by atoms with E-state index in [0.717, 1.165) is 19.4 Å². The van der Waals surface area contributed by atoms with Crippen molar-refractivity contribution in [3.8, 4) is 0 Å². The van der Waals surface area contributed by atoms with Crippen LogP contribution in [0.15, 0.2) is 24.3 Å². The Labute approximate surface area is 109 Å². The number of nitrogens with one attached hydrogen (secondary N) is 1. The van der Waals surface area contributed by atoms with E-state index in [4.69, 9.17) is 0 Å². The first kappa shape index (κ1) is 13.1. The second kappa shape index (κ2) is 5.53. The summed E-state index contributed by atoms with van der Waals surface area (Å²) in [4.78, 5) is 14.2. The summed E-state index contributed by atoms with van der Waals surface area (Å²) in [5.74, 6) is 0.207. The minimum atomic E-state index is -0.0705. The lowest BCUT2D eigenvalue weighted by molar-refractivity contribution is -0.134. The maximum atomic E-state index is 12.4. The molecule has 0 saturated carbocycles. The average molecular weight is 246 g/mol. The summed E-state index contributed by atoms with van der Waals surface area (Å²) in [5.41, 5.74) is 2.61. The molecule has 1 unspecified atom stereocenters. The first-order valence-corrected chi connectivity index (χ1v) is 6.70. The summed E-state index contributed by atoms with van der Waals surface area (Å²) < 4.78 is 0. The molecule has 1 aliphatic heterocycles. The van der Waals surface area contributed by atoms with Crippen molar-refractivity contribution >= 4 is 5.91 Å². The van der Waals surface area contributed by atoms with Gasteiger partial charge >= 0.3 is 0 Å². The van der Waals surface area contributed by atoms with E-state index in [9.17, 15) is 4.79 Å². The highest BCUT2D eigenvalue weighted by Crippen LogP contribution is 2.17. The Morgan fingerprint density at radius 1 is 1.44 bits per heavy atom. The molecule has 0 saturated heterocycles. The number of amides is 1. The van der Waals surface area contributed by atoms with E-state index in [1.807, 2.05) is 24.1 Å². The van der Waals surface area contributed by atoms with Gasteiger partial charge in [0, 0.05) is 19.6 Å². The normalized spacial score (nSPS) is 20.1. The fourth-order valence-corrected chi connectivity index (χ4v) is 2.37. The lowest BCUT2D eigenvalue weighted by atomic mass is 9.95. The fraction of sp³-hybridized carbons (Fsp3) is 0.533. The van der Waals surface area contributed by atoms with E-state index in [-0.39, 0.29) is 11.9 Å². The molecule has 1 aromatic carbocycles. The van der Waals surface area contributed by atoms with Gasteiger partial charge in [-0.3, -0.25) is 4.79 Å². The maximum Gasteiger partial charge on any atom is 0.240 e. The summed E-state index contributed by atoms with van der Waals surface area (Å²) in [6.07, 6.45) is 1.79. The SMILES string of the molecule is CCC(C)N(C)C(=O)[C@@H]1Cc2ccccc2CN1. The van der Waals surface area contributed by atoms with Crippen LogP contribution in [0.1, 0.15) is 31.4 Å². The van der Waals surface area contributed by atoms with E-state index in [0.29, 0.717) is 6.04 Å². The molecule has 3 heteroatoms. The Morgan fingerprint density at radius 3 is 2.78 bits per heavy atom. The highest BCUT2D eigenvalue weighted by Gasteiger charge is 2.27. The van der Waals surface area contributed by atoms with Crippen LogP contribution in [0.4, 0.5) is 0 Å². The van der Waals surface area contributed by atoms with Gasteiger partial charge in [-0.05, 0) is 30.9 Å². The molecule has 1 aliphatic rings. The van der Waals surface area contributed by atoms with Crippen LogP contribution in [0.25, 0.3) is 0 Å². The molecular weight excluding hydrogens is 224 g/mol. The van der Waals surface area contributed by atoms with Crippen LogP contribution in [-0.2, 0) is 17.8 Å². The van der Waals surface area contributed by atoms with Gasteiger partial charge in [-0.25, -0.2) is 0 Å². The van der Waals surface area contributed by atoms with Gasteiger partial charge in [0.15, 0.2) is 0 Å². The summed E-state index contributed by atoms with van der Waals surface area (Å²) in [5, 5.41) is 3.34. The van der Waals surface area contributed by atoms with E-state index < -0.39 is 0 Å². The van der Waals surface area contributed by atoms with Crippen LogP contribution < -0.4 is 5.32 Å². The predicted octanol–water partition coefficient (Wildman–Crippen LogP) is 1.96. The van der Waals surface area contributed by atoms with Crippen LogP contribution in [-0.4, -0.2) is 29.9 Å². The molecule has 1 amide bonds. The van der Waals surface area contributed by atoms with Gasteiger partial charge in [0.25, 0.3) is 0 Å². The quantitative estimate of drug-likeness (QED) is 0.884. The van der Waals surface area contributed by atoms with Gasteiger partial charge in [-0.15, -0.1) is 0 Å². The van der Waals surface area contributed by atoms with E-state index in [1.165, 1.54) is 11.1 Å². The minimum absolute atomic E-state index is 0.0705. The van der Waals surface area contributed by atoms with Crippen LogP contribution in [0.5, 0.6) is 0 Å². The number of benzene rings is 1. The minimum Gasteiger partial charge on any atom is -0.342 e. The molecule has 0 fully saturated rings. The maximum absolute atomic E-state index is 12.4. The van der Waals surface area contributed by atoms with E-state index in [1.54, 1.807) is 0 Å². The zero-order valence-electron chi connectivity index (χ0n) is 11.4. The van der Waals surface area contributed by atoms with Crippen LogP contribution in [0, 0.1) is 0 Å². The number of fused-ring (bicyclic) bond motifs is 1. The van der Waals surface area contributed by atoms with Gasteiger partial charge < -0.3 is 10.2 Å². The lowest BCUT2D eigenvalue weighted by Gasteiger charge is -2.31. The molecule has 1 N–H and O–H groups in total. The predicted molar refractivity (Wildman–Crippen MR) is 73.3 cm³/mol. The standard InChI is InChI=1S/C15H22N2O/c1-4-11(2)17(3)15(18)14-9-12-7-5-6-8-13(12)10-16-14/h5-8,11,14,16H,4,9-10H2,1-3H3/t11?,14-/m0/s1. The highest BCUT2D eigenvalue weighted by molar-refractivity contribution is 5.82. The van der Waals surface area contributed by atoms with E-state index >= 15 is 0 Å². The number of rotatable bonds is 3. The third kappa shape index (κ3) is 2.56. The molecule has 0 bridgehead atoms. The van der Waals surface area contributed by atoms with Crippen LogP contribution in [0.2, 0.25) is 0 Å². The van der Waals surface area contributed by atoms with Gasteiger partial charge in [0.2, 0.25) is 5.91 Å². The molecule has 98 valence electrons. The summed E-state index contributed by atoms with van der Waals surface area (Å²) in [7, 11) is 1.90. The molecule has 3 nitrogen and oxygen atoms in total. The van der Waals surface area contributed by atoms with Gasteiger partial charge in [0.05, 0.1) is 6.04 Å². The summed E-state index contributed by atoms with van der Waals surface area (Å²) in [6.45, 7) is 4.99. The second-order valence-electron chi connectivity index (χ2n) is 5.11. The molecule has 0 radical (unpaired) electrons. The first-order chi connectivity index (χ1) is 8.63. The summed E-state index contributed by atoms with van der Waals surface area (Å²) >= 11 is 0. The monoisotopic (exact) mass is 246 g/mol. The number of carbonyl (C=O) groups is 1. The van der Waals surface area contributed by atoms with Crippen molar-refractivity contribution in [3.05, 3.63) is 35.4 Å². The fourth-order valence-electron chi connectivity index (χ4n) is 2.37. The van der Waals surface area contributed by atoms with Crippen molar-refractivity contribution in [2.45, 2.75) is 45.3 Å². The number of hydrogen-bond acceptors (Lipinski definition) is 2. The molecule has 0 spiro atoms.